The van der Waals surface area contributed by atoms with Crippen LogP contribution >= 0.6 is 0 Å². The molecule has 1 aliphatic rings. The van der Waals surface area contributed by atoms with E-state index in [1.807, 2.05) is 6.20 Å². The number of fused-ring (bicyclic) bond motifs is 1. The maximum absolute atomic E-state index is 4.45. The van der Waals surface area contributed by atoms with Gasteiger partial charge in [-0.25, -0.2) is 9.97 Å². The van der Waals surface area contributed by atoms with Crippen molar-refractivity contribution in [3.8, 4) is 0 Å². The Bertz CT molecular complexity index is 486. The second-order valence-electron chi connectivity index (χ2n) is 4.36. The summed E-state index contributed by atoms with van der Waals surface area (Å²) in [5.41, 5.74) is 0.937. The van der Waals surface area contributed by atoms with Gasteiger partial charge in [0, 0.05) is 18.8 Å². The molecule has 16 heavy (non-hydrogen) atoms. The predicted molar refractivity (Wildman–Crippen MR) is 64.5 cm³/mol. The van der Waals surface area contributed by atoms with Gasteiger partial charge >= 0.3 is 0 Å². The zero-order chi connectivity index (χ0) is 11.0. The number of H-pyrrole nitrogens is 1. The van der Waals surface area contributed by atoms with Gasteiger partial charge in [-0.3, -0.25) is 0 Å². The molecule has 0 spiro atoms. The Morgan fingerprint density at radius 2 is 2.31 bits per heavy atom. The van der Waals surface area contributed by atoms with Gasteiger partial charge in [0.15, 0.2) is 0 Å². The van der Waals surface area contributed by atoms with Crippen molar-refractivity contribution in [2.24, 2.45) is 0 Å². The highest BCUT2D eigenvalue weighted by molar-refractivity contribution is 5.87. The topological polar surface area (TPSA) is 44.8 Å². The van der Waals surface area contributed by atoms with E-state index in [0.29, 0.717) is 6.04 Å². The Morgan fingerprint density at radius 3 is 3.06 bits per heavy atom. The van der Waals surface area contributed by atoms with Gasteiger partial charge in [-0.1, -0.05) is 6.92 Å². The summed E-state index contributed by atoms with van der Waals surface area (Å²) in [6, 6.07) is 2.77. The summed E-state index contributed by atoms with van der Waals surface area (Å²) in [6.07, 6.45) is 7.34. The van der Waals surface area contributed by atoms with Crippen LogP contribution in [-0.4, -0.2) is 27.5 Å². The third kappa shape index (κ3) is 1.54. The van der Waals surface area contributed by atoms with E-state index in [4.69, 9.17) is 0 Å². The smallest absolute Gasteiger partial charge is 0.142 e. The Labute approximate surface area is 94.7 Å². The van der Waals surface area contributed by atoms with Crippen LogP contribution in [0.25, 0.3) is 11.0 Å². The molecule has 84 valence electrons. The first-order valence-corrected chi connectivity index (χ1v) is 5.95. The van der Waals surface area contributed by atoms with Crippen molar-refractivity contribution in [2.75, 3.05) is 11.4 Å². The molecular formula is C12H16N4. The van der Waals surface area contributed by atoms with E-state index in [-0.39, 0.29) is 0 Å². The van der Waals surface area contributed by atoms with Crippen molar-refractivity contribution in [1.29, 1.82) is 0 Å². The lowest BCUT2D eigenvalue weighted by Gasteiger charge is -2.23. The molecule has 0 saturated heterocycles. The van der Waals surface area contributed by atoms with Crippen LogP contribution in [0.4, 0.5) is 5.82 Å². The molecule has 2 aromatic heterocycles. The molecule has 2 heterocycles. The molecule has 1 saturated carbocycles. The molecule has 0 unspecified atom stereocenters. The van der Waals surface area contributed by atoms with Gasteiger partial charge < -0.3 is 9.88 Å². The first-order valence-electron chi connectivity index (χ1n) is 5.95. The van der Waals surface area contributed by atoms with Crippen LogP contribution in [0, 0.1) is 0 Å². The van der Waals surface area contributed by atoms with E-state index in [1.165, 1.54) is 12.8 Å². The average Bonchev–Trinajstić information content (AvgIpc) is 3.02. The average molecular weight is 216 g/mol. The fraction of sp³-hybridized carbons (Fsp3) is 0.500. The molecule has 1 N–H and O–H groups in total. The number of nitrogens with zero attached hydrogens (tertiary/aromatic N) is 3. The second-order valence-corrected chi connectivity index (χ2v) is 4.36. The highest BCUT2D eigenvalue weighted by atomic mass is 15.2. The summed E-state index contributed by atoms with van der Waals surface area (Å²) < 4.78 is 0. The Kier molecular flexibility index (Phi) is 2.27. The molecule has 4 heteroatoms. The Balaban J connectivity index is 2.04. The number of hydrogen-bond acceptors (Lipinski definition) is 3. The van der Waals surface area contributed by atoms with Crippen LogP contribution in [0.15, 0.2) is 18.6 Å². The fourth-order valence-corrected chi connectivity index (χ4v) is 2.18. The zero-order valence-corrected chi connectivity index (χ0v) is 9.48. The number of anilines is 1. The number of aromatic nitrogens is 3. The first-order chi connectivity index (χ1) is 7.90. The zero-order valence-electron chi connectivity index (χ0n) is 9.48. The molecule has 0 aromatic carbocycles. The summed E-state index contributed by atoms with van der Waals surface area (Å²) in [7, 11) is 0. The maximum atomic E-state index is 4.45. The first kappa shape index (κ1) is 9.63. The molecule has 0 bridgehead atoms. The van der Waals surface area contributed by atoms with Crippen LogP contribution in [-0.2, 0) is 0 Å². The minimum Gasteiger partial charge on any atom is -0.353 e. The minimum absolute atomic E-state index is 0.702. The Hall–Kier alpha value is -1.58. The van der Waals surface area contributed by atoms with Crippen LogP contribution in [0.2, 0.25) is 0 Å². The Morgan fingerprint density at radius 1 is 1.44 bits per heavy atom. The predicted octanol–water partition coefficient (Wildman–Crippen LogP) is 2.34. The normalized spacial score (nSPS) is 15.6. The molecule has 0 amide bonds. The maximum Gasteiger partial charge on any atom is 0.142 e. The third-order valence-corrected chi connectivity index (χ3v) is 3.06. The van der Waals surface area contributed by atoms with Gasteiger partial charge in [-0.05, 0) is 25.3 Å². The molecule has 1 aliphatic carbocycles. The molecule has 2 aromatic rings. The molecule has 0 aliphatic heterocycles. The van der Waals surface area contributed by atoms with Gasteiger partial charge in [-0.15, -0.1) is 0 Å². The largest absolute Gasteiger partial charge is 0.353 e. The SMILES string of the molecule is CCCN(c1ncnc2[nH]ccc12)C1CC1. The second kappa shape index (κ2) is 3.77. The quantitative estimate of drug-likeness (QED) is 0.853. The summed E-state index contributed by atoms with van der Waals surface area (Å²) in [6.45, 7) is 3.30. The number of hydrogen-bond donors (Lipinski definition) is 1. The van der Waals surface area contributed by atoms with Crippen molar-refractivity contribution in [3.05, 3.63) is 18.6 Å². The lowest BCUT2D eigenvalue weighted by molar-refractivity contribution is 0.753. The molecule has 4 nitrogen and oxygen atoms in total. The summed E-state index contributed by atoms with van der Waals surface area (Å²) in [4.78, 5) is 14.3. The van der Waals surface area contributed by atoms with Crippen LogP contribution in [0.5, 0.6) is 0 Å². The van der Waals surface area contributed by atoms with E-state index in [1.54, 1.807) is 6.33 Å². The van der Waals surface area contributed by atoms with Crippen LogP contribution in [0.1, 0.15) is 26.2 Å². The van der Waals surface area contributed by atoms with E-state index >= 15 is 0 Å². The lowest BCUT2D eigenvalue weighted by Crippen LogP contribution is -2.27. The fourth-order valence-electron chi connectivity index (χ4n) is 2.18. The summed E-state index contributed by atoms with van der Waals surface area (Å²) in [5, 5.41) is 1.14. The number of nitrogens with one attached hydrogen (secondary N) is 1. The third-order valence-electron chi connectivity index (χ3n) is 3.06. The van der Waals surface area contributed by atoms with Crippen molar-refractivity contribution >= 4 is 16.9 Å². The summed E-state index contributed by atoms with van der Waals surface area (Å²) in [5.74, 6) is 1.09. The van der Waals surface area contributed by atoms with Gasteiger partial charge in [0.1, 0.15) is 17.8 Å². The number of aromatic amines is 1. The van der Waals surface area contributed by atoms with Crippen molar-refractivity contribution in [2.45, 2.75) is 32.2 Å². The molecule has 1 fully saturated rings. The van der Waals surface area contributed by atoms with E-state index in [2.05, 4.69) is 32.8 Å². The van der Waals surface area contributed by atoms with Gasteiger partial charge in [0.25, 0.3) is 0 Å². The standard InChI is InChI=1S/C12H16N4/c1-2-7-16(9-3-4-9)12-10-5-6-13-11(10)14-8-15-12/h5-6,8-9H,2-4,7H2,1H3,(H,13,14,15). The highest BCUT2D eigenvalue weighted by Gasteiger charge is 2.30. The minimum atomic E-state index is 0.702. The van der Waals surface area contributed by atoms with Gasteiger partial charge in [-0.2, -0.15) is 0 Å². The molecular weight excluding hydrogens is 200 g/mol. The molecule has 0 atom stereocenters. The monoisotopic (exact) mass is 216 g/mol. The van der Waals surface area contributed by atoms with Gasteiger partial charge in [0.2, 0.25) is 0 Å². The highest BCUT2D eigenvalue weighted by Crippen LogP contribution is 2.33. The van der Waals surface area contributed by atoms with Gasteiger partial charge in [0.05, 0.1) is 5.39 Å². The van der Waals surface area contributed by atoms with Crippen molar-refractivity contribution in [1.82, 2.24) is 15.0 Å². The lowest BCUT2D eigenvalue weighted by atomic mass is 10.3. The number of rotatable bonds is 4. The van der Waals surface area contributed by atoms with E-state index in [9.17, 15) is 0 Å². The van der Waals surface area contributed by atoms with E-state index < -0.39 is 0 Å². The van der Waals surface area contributed by atoms with Crippen LogP contribution < -0.4 is 4.90 Å². The van der Waals surface area contributed by atoms with E-state index in [0.717, 1.165) is 29.8 Å². The van der Waals surface area contributed by atoms with Crippen LogP contribution in [0.3, 0.4) is 0 Å². The summed E-state index contributed by atoms with van der Waals surface area (Å²) >= 11 is 0. The molecule has 3 rings (SSSR count). The van der Waals surface area contributed by atoms with Crippen molar-refractivity contribution < 1.29 is 0 Å². The van der Waals surface area contributed by atoms with Crippen molar-refractivity contribution in [3.63, 3.8) is 0 Å². The molecule has 0 radical (unpaired) electrons.